The highest BCUT2D eigenvalue weighted by Crippen LogP contribution is 2.41. The van der Waals surface area contributed by atoms with Crippen molar-refractivity contribution in [3.05, 3.63) is 50.9 Å². The number of nitrogens with zero attached hydrogens (tertiary/aromatic N) is 1. The zero-order valence-electron chi connectivity index (χ0n) is 10.7. The highest BCUT2D eigenvalue weighted by molar-refractivity contribution is 7.99. The second-order valence-corrected chi connectivity index (χ2v) is 6.48. The number of nitrogens with two attached hydrogens (primary N) is 1. The lowest BCUT2D eigenvalue weighted by molar-refractivity contribution is 0.647. The molecule has 2 aromatic rings. The van der Waals surface area contributed by atoms with E-state index in [4.69, 9.17) is 17.3 Å². The van der Waals surface area contributed by atoms with Crippen molar-refractivity contribution >= 4 is 29.3 Å². The number of H-pyrrole nitrogens is 1. The van der Waals surface area contributed by atoms with E-state index in [2.05, 4.69) is 9.97 Å². The molecule has 0 aliphatic heterocycles. The largest absolute Gasteiger partial charge is 0.369 e. The van der Waals surface area contributed by atoms with E-state index in [9.17, 15) is 4.79 Å². The minimum atomic E-state index is -0.112. The molecule has 0 spiro atoms. The van der Waals surface area contributed by atoms with E-state index < -0.39 is 0 Å². The summed E-state index contributed by atoms with van der Waals surface area (Å²) in [5.41, 5.74) is 7.10. The molecule has 0 saturated heterocycles. The molecule has 3 rings (SSSR count). The maximum absolute atomic E-state index is 12.1. The van der Waals surface area contributed by atoms with Crippen LogP contribution in [0.1, 0.15) is 29.3 Å². The molecule has 1 heterocycles. The fourth-order valence-corrected chi connectivity index (χ4v) is 3.86. The summed E-state index contributed by atoms with van der Waals surface area (Å²) in [6.07, 6.45) is 2.81. The number of rotatable bonds is 2. The van der Waals surface area contributed by atoms with Gasteiger partial charge in [-0.25, -0.2) is 4.98 Å². The molecule has 1 atom stereocenters. The molecule has 6 heteroatoms. The first kappa shape index (κ1) is 13.5. The first-order chi connectivity index (χ1) is 9.63. The number of benzene rings is 1. The molecule has 0 radical (unpaired) electrons. The van der Waals surface area contributed by atoms with Gasteiger partial charge in [-0.05, 0) is 43.5 Å². The average Bonchev–Trinajstić information content (AvgIpc) is 2.41. The molecule has 1 unspecified atom stereocenters. The number of aromatic nitrogens is 2. The number of thioether (sulfide) groups is 1. The van der Waals surface area contributed by atoms with Crippen molar-refractivity contribution in [3.63, 3.8) is 0 Å². The van der Waals surface area contributed by atoms with E-state index in [0.717, 1.165) is 35.4 Å². The standard InChI is InChI=1S/C14H14ClN3OS/c15-8-4-6-9(7-5-8)20-11-3-1-2-10-12(11)13(19)18-14(16)17-10/h4-7,11H,1-3H2,(H3,16,17,18,19). The van der Waals surface area contributed by atoms with Gasteiger partial charge in [0.2, 0.25) is 5.95 Å². The maximum atomic E-state index is 12.1. The van der Waals surface area contributed by atoms with Gasteiger partial charge in [0.15, 0.2) is 0 Å². The lowest BCUT2D eigenvalue weighted by Gasteiger charge is -2.23. The van der Waals surface area contributed by atoms with Gasteiger partial charge in [-0.3, -0.25) is 9.78 Å². The number of fused-ring (bicyclic) bond motifs is 1. The third kappa shape index (κ3) is 2.69. The zero-order chi connectivity index (χ0) is 14.1. The smallest absolute Gasteiger partial charge is 0.256 e. The normalized spacial score (nSPS) is 17.8. The molecule has 3 N–H and O–H groups in total. The number of nitrogen functional groups attached to an aromatic ring is 1. The van der Waals surface area contributed by atoms with Crippen LogP contribution in [0.3, 0.4) is 0 Å². The van der Waals surface area contributed by atoms with E-state index >= 15 is 0 Å². The van der Waals surface area contributed by atoms with Crippen LogP contribution in [0, 0.1) is 0 Å². The Morgan fingerprint density at radius 1 is 1.35 bits per heavy atom. The molecule has 0 bridgehead atoms. The van der Waals surface area contributed by atoms with Crippen molar-refractivity contribution in [1.82, 2.24) is 9.97 Å². The summed E-state index contributed by atoms with van der Waals surface area (Å²) in [6.45, 7) is 0. The monoisotopic (exact) mass is 307 g/mol. The predicted octanol–water partition coefficient (Wildman–Crippen LogP) is 3.18. The van der Waals surface area contributed by atoms with Crippen LogP contribution in [-0.2, 0) is 6.42 Å². The second kappa shape index (κ2) is 5.50. The van der Waals surface area contributed by atoms with Gasteiger partial charge in [-0.1, -0.05) is 11.6 Å². The highest BCUT2D eigenvalue weighted by atomic mass is 35.5. The van der Waals surface area contributed by atoms with E-state index in [-0.39, 0.29) is 16.8 Å². The molecule has 1 aromatic carbocycles. The van der Waals surface area contributed by atoms with Gasteiger partial charge >= 0.3 is 0 Å². The molecule has 20 heavy (non-hydrogen) atoms. The SMILES string of the molecule is Nc1nc2c(c(=O)[nH]1)C(Sc1ccc(Cl)cc1)CCC2. The van der Waals surface area contributed by atoms with Crippen LogP contribution in [0.4, 0.5) is 5.95 Å². The third-order valence-electron chi connectivity index (χ3n) is 3.35. The van der Waals surface area contributed by atoms with Gasteiger partial charge in [0.1, 0.15) is 0 Å². The number of aromatic amines is 1. The van der Waals surface area contributed by atoms with Crippen LogP contribution in [-0.4, -0.2) is 9.97 Å². The Hall–Kier alpha value is -1.46. The Labute approximate surface area is 125 Å². The number of hydrogen-bond donors (Lipinski definition) is 2. The summed E-state index contributed by atoms with van der Waals surface area (Å²) >= 11 is 7.57. The maximum Gasteiger partial charge on any atom is 0.256 e. The van der Waals surface area contributed by atoms with E-state index in [1.165, 1.54) is 0 Å². The van der Waals surface area contributed by atoms with Gasteiger partial charge in [0, 0.05) is 15.2 Å². The van der Waals surface area contributed by atoms with Crippen molar-refractivity contribution in [3.8, 4) is 0 Å². The number of halogens is 1. The number of aryl methyl sites for hydroxylation is 1. The van der Waals surface area contributed by atoms with Crippen LogP contribution in [0.2, 0.25) is 5.02 Å². The zero-order valence-corrected chi connectivity index (χ0v) is 12.3. The van der Waals surface area contributed by atoms with Crippen molar-refractivity contribution < 1.29 is 0 Å². The Balaban J connectivity index is 1.94. The number of anilines is 1. The molecule has 0 fully saturated rings. The second-order valence-electron chi connectivity index (χ2n) is 4.76. The third-order valence-corrected chi connectivity index (χ3v) is 4.90. The minimum Gasteiger partial charge on any atom is -0.369 e. The molecular weight excluding hydrogens is 294 g/mol. The number of nitrogens with one attached hydrogen (secondary N) is 1. The van der Waals surface area contributed by atoms with Crippen molar-refractivity contribution in [2.24, 2.45) is 0 Å². The van der Waals surface area contributed by atoms with Crippen molar-refractivity contribution in [2.45, 2.75) is 29.4 Å². The summed E-state index contributed by atoms with van der Waals surface area (Å²) < 4.78 is 0. The van der Waals surface area contributed by atoms with Gasteiger partial charge in [-0.15, -0.1) is 11.8 Å². The topological polar surface area (TPSA) is 71.8 Å². The molecule has 1 aliphatic rings. The molecular formula is C14H14ClN3OS. The van der Waals surface area contributed by atoms with Crippen LogP contribution in [0.15, 0.2) is 34.0 Å². The minimum absolute atomic E-state index is 0.112. The van der Waals surface area contributed by atoms with Crippen LogP contribution in [0.25, 0.3) is 0 Å². The van der Waals surface area contributed by atoms with E-state index in [0.29, 0.717) is 5.02 Å². The first-order valence-electron chi connectivity index (χ1n) is 6.44. The first-order valence-corrected chi connectivity index (χ1v) is 7.70. The van der Waals surface area contributed by atoms with E-state index in [1.54, 1.807) is 11.8 Å². The Bertz CT molecular complexity index is 684. The summed E-state index contributed by atoms with van der Waals surface area (Å²) in [5, 5.41) is 0.836. The average molecular weight is 308 g/mol. The fraction of sp³-hybridized carbons (Fsp3) is 0.286. The molecule has 1 aliphatic carbocycles. The molecule has 104 valence electrons. The van der Waals surface area contributed by atoms with Crippen LogP contribution >= 0.6 is 23.4 Å². The fourth-order valence-electron chi connectivity index (χ4n) is 2.47. The Morgan fingerprint density at radius 2 is 2.10 bits per heavy atom. The van der Waals surface area contributed by atoms with Gasteiger partial charge in [0.25, 0.3) is 5.56 Å². The summed E-state index contributed by atoms with van der Waals surface area (Å²) in [6, 6.07) is 7.67. The number of hydrogen-bond acceptors (Lipinski definition) is 4. The van der Waals surface area contributed by atoms with Crippen LogP contribution < -0.4 is 11.3 Å². The summed E-state index contributed by atoms with van der Waals surface area (Å²) in [4.78, 5) is 20.1. The van der Waals surface area contributed by atoms with Crippen molar-refractivity contribution in [1.29, 1.82) is 0 Å². The highest BCUT2D eigenvalue weighted by Gasteiger charge is 2.25. The molecule has 0 saturated carbocycles. The summed E-state index contributed by atoms with van der Waals surface area (Å²) in [5.74, 6) is 0.200. The lowest BCUT2D eigenvalue weighted by Crippen LogP contribution is -2.24. The summed E-state index contributed by atoms with van der Waals surface area (Å²) in [7, 11) is 0. The van der Waals surface area contributed by atoms with Gasteiger partial charge < -0.3 is 5.73 Å². The Kier molecular flexibility index (Phi) is 3.72. The van der Waals surface area contributed by atoms with Crippen molar-refractivity contribution in [2.75, 3.05) is 5.73 Å². The molecule has 1 aromatic heterocycles. The molecule has 0 amide bonds. The van der Waals surface area contributed by atoms with Crippen LogP contribution in [0.5, 0.6) is 0 Å². The quantitative estimate of drug-likeness (QED) is 0.894. The Morgan fingerprint density at radius 3 is 2.85 bits per heavy atom. The lowest BCUT2D eigenvalue weighted by atomic mass is 9.97. The molecule has 4 nitrogen and oxygen atoms in total. The predicted molar refractivity (Wildman–Crippen MR) is 82.3 cm³/mol. The van der Waals surface area contributed by atoms with Gasteiger partial charge in [-0.2, -0.15) is 0 Å². The van der Waals surface area contributed by atoms with E-state index in [1.807, 2.05) is 24.3 Å². The van der Waals surface area contributed by atoms with Gasteiger partial charge in [0.05, 0.1) is 11.3 Å².